The molecule has 2 N–H and O–H groups in total. The van der Waals surface area contributed by atoms with Gasteiger partial charge >= 0.3 is 0 Å². The van der Waals surface area contributed by atoms with E-state index in [1.54, 1.807) is 6.20 Å². The zero-order valence-corrected chi connectivity index (χ0v) is 10.4. The number of pyridine rings is 1. The van der Waals surface area contributed by atoms with Gasteiger partial charge < -0.3 is 5.73 Å². The molecule has 15 heavy (non-hydrogen) atoms. The summed E-state index contributed by atoms with van der Waals surface area (Å²) in [6.07, 6.45) is 2.87. The fraction of sp³-hybridized carbons (Fsp3) is 0.545. The van der Waals surface area contributed by atoms with Crippen molar-refractivity contribution in [1.29, 1.82) is 0 Å². The second kappa shape index (κ2) is 3.34. The maximum absolute atomic E-state index is 5.96. The molecule has 1 unspecified atom stereocenters. The van der Waals surface area contributed by atoms with Crippen LogP contribution in [-0.2, 0) is 5.41 Å². The molecule has 1 aliphatic carbocycles. The molecule has 0 aliphatic heterocycles. The third-order valence-electron chi connectivity index (χ3n) is 3.61. The van der Waals surface area contributed by atoms with Gasteiger partial charge in [0.05, 0.1) is 5.02 Å². The normalized spacial score (nSPS) is 27.8. The summed E-state index contributed by atoms with van der Waals surface area (Å²) in [6.45, 7) is 5.05. The molecule has 1 fully saturated rings. The van der Waals surface area contributed by atoms with E-state index in [0.717, 1.165) is 12.0 Å². The first-order valence-corrected chi connectivity index (χ1v) is 5.70. The second-order valence-corrected chi connectivity index (χ2v) is 5.61. The predicted molar refractivity (Wildman–Crippen MR) is 63.4 cm³/mol. The van der Waals surface area contributed by atoms with Gasteiger partial charge in [0, 0.05) is 18.2 Å². The molecule has 0 saturated heterocycles. The number of rotatable bonds is 2. The van der Waals surface area contributed by atoms with Crippen LogP contribution in [0.4, 0.5) is 0 Å². The number of hydrogen-bond acceptors (Lipinski definition) is 2. The van der Waals surface area contributed by atoms with Crippen LogP contribution in [0.2, 0.25) is 10.2 Å². The SMILES string of the molecule is CC1(C)CC1(CN)c1cnc(Cl)c(Cl)c1. The van der Waals surface area contributed by atoms with Gasteiger partial charge in [-0.2, -0.15) is 0 Å². The van der Waals surface area contributed by atoms with Crippen LogP contribution in [-0.4, -0.2) is 11.5 Å². The molecule has 4 heteroatoms. The van der Waals surface area contributed by atoms with Crippen LogP contribution in [0.3, 0.4) is 0 Å². The minimum atomic E-state index is 0.0359. The number of nitrogens with two attached hydrogens (primary N) is 1. The van der Waals surface area contributed by atoms with Crippen LogP contribution >= 0.6 is 23.2 Å². The van der Waals surface area contributed by atoms with E-state index < -0.39 is 0 Å². The maximum atomic E-state index is 5.96. The number of halogens is 2. The third kappa shape index (κ3) is 1.55. The summed E-state index contributed by atoms with van der Waals surface area (Å²) in [5, 5.41) is 0.857. The van der Waals surface area contributed by atoms with Crippen LogP contribution in [0, 0.1) is 5.41 Å². The molecule has 2 nitrogen and oxygen atoms in total. The summed E-state index contributed by atoms with van der Waals surface area (Å²) < 4.78 is 0. The molecule has 0 radical (unpaired) electrons. The van der Waals surface area contributed by atoms with Gasteiger partial charge in [-0.05, 0) is 23.5 Å². The molecule has 1 saturated carbocycles. The first-order chi connectivity index (χ1) is 6.93. The molecule has 1 aliphatic rings. The Labute approximate surface area is 99.8 Å². The van der Waals surface area contributed by atoms with E-state index in [1.807, 2.05) is 6.07 Å². The Morgan fingerprint density at radius 3 is 2.47 bits per heavy atom. The van der Waals surface area contributed by atoms with Gasteiger partial charge in [0.15, 0.2) is 0 Å². The predicted octanol–water partition coefficient (Wildman–Crippen LogP) is 3.01. The highest BCUT2D eigenvalue weighted by Crippen LogP contribution is 2.63. The monoisotopic (exact) mass is 244 g/mol. The van der Waals surface area contributed by atoms with Gasteiger partial charge in [-0.3, -0.25) is 0 Å². The molecule has 1 heterocycles. The Kier molecular flexibility index (Phi) is 2.49. The Morgan fingerprint density at radius 1 is 1.47 bits per heavy atom. The highest BCUT2D eigenvalue weighted by molar-refractivity contribution is 6.41. The third-order valence-corrected chi connectivity index (χ3v) is 4.30. The Hall–Kier alpha value is -0.310. The molecule has 0 spiro atoms. The van der Waals surface area contributed by atoms with Crippen LogP contribution in [0.5, 0.6) is 0 Å². The molecular formula is C11H14Cl2N2. The standard InChI is InChI=1S/C11H14Cl2N2/c1-10(2)5-11(10,6-14)7-3-8(12)9(13)15-4-7/h3-4H,5-6,14H2,1-2H3. The zero-order chi connectivity index (χ0) is 11.3. The molecule has 82 valence electrons. The van der Waals surface area contributed by atoms with Crippen LogP contribution in [0.15, 0.2) is 12.3 Å². The van der Waals surface area contributed by atoms with Gasteiger partial charge in [-0.25, -0.2) is 4.98 Å². The van der Waals surface area contributed by atoms with Gasteiger partial charge in [-0.15, -0.1) is 0 Å². The lowest BCUT2D eigenvalue weighted by molar-refractivity contribution is 0.502. The van der Waals surface area contributed by atoms with Gasteiger partial charge in [0.2, 0.25) is 0 Å². The summed E-state index contributed by atoms with van der Waals surface area (Å²) in [4.78, 5) is 4.08. The van der Waals surface area contributed by atoms with Crippen molar-refractivity contribution in [3.05, 3.63) is 28.0 Å². The highest BCUT2D eigenvalue weighted by Gasteiger charge is 2.61. The molecule has 1 aromatic rings. The highest BCUT2D eigenvalue weighted by atomic mass is 35.5. The van der Waals surface area contributed by atoms with Crippen molar-refractivity contribution in [3.8, 4) is 0 Å². The van der Waals surface area contributed by atoms with E-state index in [1.165, 1.54) is 0 Å². The summed E-state index contributed by atoms with van der Waals surface area (Å²) in [6, 6.07) is 1.89. The lowest BCUT2D eigenvalue weighted by Crippen LogP contribution is -2.25. The largest absolute Gasteiger partial charge is 0.330 e. The molecular weight excluding hydrogens is 231 g/mol. The van der Waals surface area contributed by atoms with Crippen molar-refractivity contribution in [1.82, 2.24) is 4.98 Å². The van der Waals surface area contributed by atoms with Crippen molar-refractivity contribution >= 4 is 23.2 Å². The van der Waals surface area contributed by atoms with Crippen molar-refractivity contribution < 1.29 is 0 Å². The summed E-state index contributed by atoms with van der Waals surface area (Å²) >= 11 is 11.8. The van der Waals surface area contributed by atoms with E-state index in [2.05, 4.69) is 18.8 Å². The minimum Gasteiger partial charge on any atom is -0.330 e. The number of nitrogens with zero attached hydrogens (tertiary/aromatic N) is 1. The first-order valence-electron chi connectivity index (χ1n) is 4.94. The van der Waals surface area contributed by atoms with Gasteiger partial charge in [0.1, 0.15) is 5.15 Å². The molecule has 0 bridgehead atoms. The average molecular weight is 245 g/mol. The lowest BCUT2D eigenvalue weighted by atomic mass is 9.89. The summed E-state index contributed by atoms with van der Waals surface area (Å²) in [5.41, 5.74) is 7.23. The van der Waals surface area contributed by atoms with Gasteiger partial charge in [-0.1, -0.05) is 37.0 Å². The Morgan fingerprint density at radius 2 is 2.07 bits per heavy atom. The molecule has 1 aromatic heterocycles. The van der Waals surface area contributed by atoms with Crippen LogP contribution < -0.4 is 5.73 Å². The zero-order valence-electron chi connectivity index (χ0n) is 8.85. The molecule has 0 amide bonds. The van der Waals surface area contributed by atoms with E-state index >= 15 is 0 Å². The topological polar surface area (TPSA) is 38.9 Å². The van der Waals surface area contributed by atoms with Crippen molar-refractivity contribution in [2.24, 2.45) is 11.1 Å². The van der Waals surface area contributed by atoms with Crippen LogP contribution in [0.25, 0.3) is 0 Å². The fourth-order valence-corrected chi connectivity index (χ4v) is 2.62. The van der Waals surface area contributed by atoms with Crippen molar-refractivity contribution in [3.63, 3.8) is 0 Å². The summed E-state index contributed by atoms with van der Waals surface area (Å²) in [7, 11) is 0. The summed E-state index contributed by atoms with van der Waals surface area (Å²) in [5.74, 6) is 0. The maximum Gasteiger partial charge on any atom is 0.147 e. The molecule has 2 rings (SSSR count). The minimum absolute atomic E-state index is 0.0359. The van der Waals surface area contributed by atoms with E-state index in [4.69, 9.17) is 28.9 Å². The van der Waals surface area contributed by atoms with E-state index in [0.29, 0.717) is 16.7 Å². The van der Waals surface area contributed by atoms with Crippen molar-refractivity contribution in [2.45, 2.75) is 25.7 Å². The second-order valence-electron chi connectivity index (χ2n) is 4.84. The van der Waals surface area contributed by atoms with E-state index in [-0.39, 0.29) is 10.8 Å². The molecule has 1 atom stereocenters. The smallest absolute Gasteiger partial charge is 0.147 e. The fourth-order valence-electron chi connectivity index (χ4n) is 2.35. The number of aromatic nitrogens is 1. The Bertz CT molecular complexity index is 404. The lowest BCUT2D eigenvalue weighted by Gasteiger charge is -2.18. The average Bonchev–Trinajstić information content (AvgIpc) is 2.75. The first kappa shape index (κ1) is 11.2. The van der Waals surface area contributed by atoms with Gasteiger partial charge in [0.25, 0.3) is 0 Å². The quantitative estimate of drug-likeness (QED) is 0.813. The Balaban J connectivity index is 2.42. The molecule has 0 aromatic carbocycles. The van der Waals surface area contributed by atoms with Crippen molar-refractivity contribution in [2.75, 3.05) is 6.54 Å². The number of hydrogen-bond donors (Lipinski definition) is 1. The van der Waals surface area contributed by atoms with E-state index in [9.17, 15) is 0 Å². The van der Waals surface area contributed by atoms with Crippen LogP contribution in [0.1, 0.15) is 25.8 Å².